The van der Waals surface area contributed by atoms with Crippen molar-refractivity contribution in [3.8, 4) is 0 Å². The van der Waals surface area contributed by atoms with Gasteiger partial charge in [-0.2, -0.15) is 0 Å². The average Bonchev–Trinajstić information content (AvgIpc) is 3.16. The van der Waals surface area contributed by atoms with E-state index in [-0.39, 0.29) is 11.9 Å². The topological polar surface area (TPSA) is 35.6 Å². The van der Waals surface area contributed by atoms with Gasteiger partial charge in [0, 0.05) is 49.0 Å². The predicted octanol–water partition coefficient (Wildman–Crippen LogP) is 3.44. The maximum atomic E-state index is 12.3. The van der Waals surface area contributed by atoms with Crippen molar-refractivity contribution in [1.82, 2.24) is 15.1 Å². The van der Waals surface area contributed by atoms with E-state index in [2.05, 4.69) is 34.3 Å². The minimum Gasteiger partial charge on any atom is -0.354 e. The molecule has 26 heavy (non-hydrogen) atoms. The summed E-state index contributed by atoms with van der Waals surface area (Å²) in [5, 5.41) is 5.95. The summed E-state index contributed by atoms with van der Waals surface area (Å²) >= 11 is 8.16. The molecule has 1 N–H and O–H groups in total. The van der Waals surface area contributed by atoms with E-state index in [9.17, 15) is 4.79 Å². The van der Waals surface area contributed by atoms with E-state index in [1.807, 2.05) is 29.6 Å². The Kier molecular flexibility index (Phi) is 7.08. The lowest BCUT2D eigenvalue weighted by Crippen LogP contribution is -2.48. The number of halogens is 1. The molecule has 2 heterocycles. The SMILES string of the molecule is CN1CCN(C(CNC(=O)CCc2cccs2)c2ccccc2Cl)CC1. The van der Waals surface area contributed by atoms with Gasteiger partial charge in [0.25, 0.3) is 0 Å². The second-order valence-electron chi connectivity index (χ2n) is 6.76. The van der Waals surface area contributed by atoms with E-state index in [1.54, 1.807) is 11.3 Å². The van der Waals surface area contributed by atoms with Crippen LogP contribution in [0.3, 0.4) is 0 Å². The summed E-state index contributed by atoms with van der Waals surface area (Å²) in [6.07, 6.45) is 1.33. The first-order valence-electron chi connectivity index (χ1n) is 9.09. The number of nitrogens with one attached hydrogen (secondary N) is 1. The standard InChI is InChI=1S/C20H26ClN3OS/c1-23-10-12-24(13-11-23)19(17-6-2-3-7-18(17)21)15-22-20(25)9-8-16-5-4-14-26-16/h2-7,14,19H,8-13,15H2,1H3,(H,22,25). The highest BCUT2D eigenvalue weighted by molar-refractivity contribution is 7.09. The second kappa shape index (κ2) is 9.51. The number of hydrogen-bond donors (Lipinski definition) is 1. The Bertz CT molecular complexity index is 699. The zero-order valence-electron chi connectivity index (χ0n) is 15.2. The molecule has 1 unspecified atom stereocenters. The van der Waals surface area contributed by atoms with Crippen molar-refractivity contribution in [2.45, 2.75) is 18.9 Å². The highest BCUT2D eigenvalue weighted by Crippen LogP contribution is 2.28. The van der Waals surface area contributed by atoms with Crippen LogP contribution in [0.2, 0.25) is 5.02 Å². The largest absolute Gasteiger partial charge is 0.354 e. The van der Waals surface area contributed by atoms with E-state index in [0.29, 0.717) is 13.0 Å². The molecule has 3 rings (SSSR count). The first-order chi connectivity index (χ1) is 12.6. The lowest BCUT2D eigenvalue weighted by molar-refractivity contribution is -0.121. The summed E-state index contributed by atoms with van der Waals surface area (Å²) in [4.78, 5) is 18.3. The molecule has 1 aliphatic heterocycles. The van der Waals surface area contributed by atoms with Crippen LogP contribution in [0.4, 0.5) is 0 Å². The van der Waals surface area contributed by atoms with Crippen LogP contribution in [0.1, 0.15) is 22.9 Å². The minimum atomic E-state index is 0.101. The Morgan fingerprint density at radius 2 is 1.96 bits per heavy atom. The van der Waals surface area contributed by atoms with Gasteiger partial charge in [0.1, 0.15) is 0 Å². The third-order valence-corrected chi connectivity index (χ3v) is 6.19. The molecule has 140 valence electrons. The number of nitrogens with zero attached hydrogens (tertiary/aromatic N) is 2. The minimum absolute atomic E-state index is 0.101. The van der Waals surface area contributed by atoms with Crippen molar-refractivity contribution in [3.05, 3.63) is 57.2 Å². The summed E-state index contributed by atoms with van der Waals surface area (Å²) in [7, 11) is 2.15. The number of benzene rings is 1. The Morgan fingerprint density at radius 1 is 1.19 bits per heavy atom. The molecule has 1 saturated heterocycles. The van der Waals surface area contributed by atoms with Crippen LogP contribution in [-0.4, -0.2) is 55.5 Å². The van der Waals surface area contributed by atoms with Gasteiger partial charge >= 0.3 is 0 Å². The van der Waals surface area contributed by atoms with Gasteiger partial charge in [0.2, 0.25) is 5.91 Å². The Balaban J connectivity index is 1.62. The lowest BCUT2D eigenvalue weighted by atomic mass is 10.0. The first-order valence-corrected chi connectivity index (χ1v) is 10.4. The fraction of sp³-hybridized carbons (Fsp3) is 0.450. The zero-order chi connectivity index (χ0) is 18.4. The fourth-order valence-electron chi connectivity index (χ4n) is 3.31. The fourth-order valence-corrected chi connectivity index (χ4v) is 4.28. The van der Waals surface area contributed by atoms with Crippen molar-refractivity contribution in [2.75, 3.05) is 39.8 Å². The number of likely N-dealkylation sites (N-methyl/N-ethyl adjacent to an activating group) is 1. The van der Waals surface area contributed by atoms with Crippen molar-refractivity contribution in [2.24, 2.45) is 0 Å². The molecule has 0 bridgehead atoms. The van der Waals surface area contributed by atoms with Crippen molar-refractivity contribution >= 4 is 28.8 Å². The van der Waals surface area contributed by atoms with E-state index in [0.717, 1.165) is 43.2 Å². The monoisotopic (exact) mass is 391 g/mol. The number of amides is 1. The molecule has 0 aliphatic carbocycles. The number of rotatable bonds is 7. The number of carbonyl (C=O) groups excluding carboxylic acids is 1. The molecule has 2 aromatic rings. The summed E-state index contributed by atoms with van der Waals surface area (Å²) in [5.74, 6) is 0.101. The molecule has 0 spiro atoms. The van der Waals surface area contributed by atoms with Gasteiger partial charge in [0.15, 0.2) is 0 Å². The molecule has 0 radical (unpaired) electrons. The van der Waals surface area contributed by atoms with Gasteiger partial charge in [-0.3, -0.25) is 9.69 Å². The molecule has 6 heteroatoms. The predicted molar refractivity (Wildman–Crippen MR) is 109 cm³/mol. The van der Waals surface area contributed by atoms with E-state index in [1.165, 1.54) is 4.88 Å². The maximum Gasteiger partial charge on any atom is 0.220 e. The molecule has 1 amide bonds. The molecule has 4 nitrogen and oxygen atoms in total. The van der Waals surface area contributed by atoms with Gasteiger partial charge in [-0.15, -0.1) is 11.3 Å². The molecular weight excluding hydrogens is 366 g/mol. The van der Waals surface area contributed by atoms with Gasteiger partial charge in [-0.1, -0.05) is 35.9 Å². The molecule has 1 aromatic heterocycles. The molecule has 1 atom stereocenters. The second-order valence-corrected chi connectivity index (χ2v) is 8.20. The van der Waals surface area contributed by atoms with E-state index < -0.39 is 0 Å². The van der Waals surface area contributed by atoms with Gasteiger partial charge in [0.05, 0.1) is 6.04 Å². The van der Waals surface area contributed by atoms with Crippen LogP contribution in [0, 0.1) is 0 Å². The summed E-state index contributed by atoms with van der Waals surface area (Å²) < 4.78 is 0. The molecule has 1 aromatic carbocycles. The quantitative estimate of drug-likeness (QED) is 0.785. The van der Waals surface area contributed by atoms with Crippen LogP contribution < -0.4 is 5.32 Å². The molecule has 1 fully saturated rings. The average molecular weight is 392 g/mol. The van der Waals surface area contributed by atoms with Crippen LogP contribution in [-0.2, 0) is 11.2 Å². The van der Waals surface area contributed by atoms with E-state index in [4.69, 9.17) is 11.6 Å². The molecule has 1 aliphatic rings. The number of carbonyl (C=O) groups is 1. The first kappa shape index (κ1) is 19.4. The van der Waals surface area contributed by atoms with Crippen LogP contribution in [0.5, 0.6) is 0 Å². The van der Waals surface area contributed by atoms with Gasteiger partial charge in [-0.25, -0.2) is 0 Å². The summed E-state index contributed by atoms with van der Waals surface area (Å²) in [5.41, 5.74) is 1.09. The maximum absolute atomic E-state index is 12.3. The number of aryl methyl sites for hydroxylation is 1. The number of thiophene rings is 1. The Morgan fingerprint density at radius 3 is 2.65 bits per heavy atom. The van der Waals surface area contributed by atoms with Gasteiger partial charge in [-0.05, 0) is 36.5 Å². The van der Waals surface area contributed by atoms with Crippen LogP contribution in [0.15, 0.2) is 41.8 Å². The summed E-state index contributed by atoms with van der Waals surface area (Å²) in [6.45, 7) is 4.63. The number of piperazine rings is 1. The lowest BCUT2D eigenvalue weighted by Gasteiger charge is -2.38. The van der Waals surface area contributed by atoms with Crippen molar-refractivity contribution < 1.29 is 4.79 Å². The highest BCUT2D eigenvalue weighted by Gasteiger charge is 2.25. The van der Waals surface area contributed by atoms with Gasteiger partial charge < -0.3 is 10.2 Å². The molecule has 0 saturated carbocycles. The smallest absolute Gasteiger partial charge is 0.220 e. The molecular formula is C20H26ClN3OS. The van der Waals surface area contributed by atoms with Crippen molar-refractivity contribution in [3.63, 3.8) is 0 Å². The Labute approximate surface area is 164 Å². The highest BCUT2D eigenvalue weighted by atomic mass is 35.5. The third kappa shape index (κ3) is 5.30. The zero-order valence-corrected chi connectivity index (χ0v) is 16.7. The Hall–Kier alpha value is -1.40. The number of hydrogen-bond acceptors (Lipinski definition) is 4. The van der Waals surface area contributed by atoms with E-state index >= 15 is 0 Å². The van der Waals surface area contributed by atoms with Crippen LogP contribution >= 0.6 is 22.9 Å². The normalized spacial score (nSPS) is 17.2. The third-order valence-electron chi connectivity index (χ3n) is 4.91. The summed E-state index contributed by atoms with van der Waals surface area (Å²) in [6, 6.07) is 12.2. The van der Waals surface area contributed by atoms with Crippen LogP contribution in [0.25, 0.3) is 0 Å². The van der Waals surface area contributed by atoms with Crippen molar-refractivity contribution in [1.29, 1.82) is 0 Å².